The number of nitrogens with two attached hydrogens (primary N) is 1. The van der Waals surface area contributed by atoms with Gasteiger partial charge in [0.2, 0.25) is 0 Å². The third-order valence-electron chi connectivity index (χ3n) is 1.49. The molecule has 0 bridgehead atoms. The lowest BCUT2D eigenvalue weighted by atomic mass is 10.2. The molecule has 1 amide bonds. The maximum atomic E-state index is 10.7. The molecular formula is C8H10N2O. The first-order valence-electron chi connectivity index (χ1n) is 3.35. The van der Waals surface area contributed by atoms with Crippen LogP contribution < -0.4 is 5.73 Å². The average molecular weight is 150 g/mol. The van der Waals surface area contributed by atoms with Gasteiger partial charge in [-0.1, -0.05) is 0 Å². The molecule has 0 spiro atoms. The number of aryl methyl sites for hydroxylation is 2. The topological polar surface area (TPSA) is 56.0 Å². The van der Waals surface area contributed by atoms with E-state index in [1.807, 2.05) is 6.92 Å². The van der Waals surface area contributed by atoms with Crippen molar-refractivity contribution in [2.75, 3.05) is 0 Å². The second-order valence-electron chi connectivity index (χ2n) is 2.45. The van der Waals surface area contributed by atoms with Crippen molar-refractivity contribution in [1.29, 1.82) is 0 Å². The molecule has 0 saturated carbocycles. The molecule has 3 heteroatoms. The maximum Gasteiger partial charge on any atom is 0.250 e. The molecule has 0 aromatic carbocycles. The Morgan fingerprint density at radius 2 is 2.09 bits per heavy atom. The van der Waals surface area contributed by atoms with Gasteiger partial charge in [0.05, 0.1) is 11.3 Å². The van der Waals surface area contributed by atoms with Gasteiger partial charge in [0, 0.05) is 5.69 Å². The van der Waals surface area contributed by atoms with Gasteiger partial charge in [0.15, 0.2) is 0 Å². The number of aromatic nitrogens is 1. The normalized spacial score (nSPS) is 9.64. The monoisotopic (exact) mass is 150 g/mol. The molecule has 0 atom stereocenters. The Kier molecular flexibility index (Phi) is 1.89. The summed E-state index contributed by atoms with van der Waals surface area (Å²) in [5.41, 5.74) is 7.17. The number of hydrogen-bond acceptors (Lipinski definition) is 2. The van der Waals surface area contributed by atoms with Gasteiger partial charge in [-0.05, 0) is 26.0 Å². The van der Waals surface area contributed by atoms with Crippen LogP contribution in [0.25, 0.3) is 0 Å². The summed E-state index contributed by atoms with van der Waals surface area (Å²) in [5.74, 6) is -0.421. The van der Waals surface area contributed by atoms with Gasteiger partial charge in [-0.3, -0.25) is 9.78 Å². The van der Waals surface area contributed by atoms with Crippen molar-refractivity contribution < 1.29 is 4.79 Å². The Labute approximate surface area is 65.2 Å². The molecule has 0 fully saturated rings. The number of nitrogens with zero attached hydrogens (tertiary/aromatic N) is 1. The minimum Gasteiger partial charge on any atom is -0.366 e. The van der Waals surface area contributed by atoms with Crippen molar-refractivity contribution in [3.8, 4) is 0 Å². The molecular weight excluding hydrogens is 140 g/mol. The van der Waals surface area contributed by atoms with Gasteiger partial charge >= 0.3 is 0 Å². The third-order valence-corrected chi connectivity index (χ3v) is 1.49. The second-order valence-corrected chi connectivity index (χ2v) is 2.45. The van der Waals surface area contributed by atoms with Crippen LogP contribution in [0.2, 0.25) is 0 Å². The van der Waals surface area contributed by atoms with Crippen molar-refractivity contribution in [3.05, 3.63) is 29.1 Å². The molecule has 11 heavy (non-hydrogen) atoms. The highest BCUT2D eigenvalue weighted by molar-refractivity contribution is 5.93. The van der Waals surface area contributed by atoms with Gasteiger partial charge < -0.3 is 5.73 Å². The largest absolute Gasteiger partial charge is 0.366 e. The van der Waals surface area contributed by atoms with Crippen molar-refractivity contribution in [3.63, 3.8) is 0 Å². The Hall–Kier alpha value is -1.38. The molecule has 1 heterocycles. The Bertz CT molecular complexity index is 294. The predicted octanol–water partition coefficient (Wildman–Crippen LogP) is 0.797. The summed E-state index contributed by atoms with van der Waals surface area (Å²) in [6, 6.07) is 3.47. The smallest absolute Gasteiger partial charge is 0.250 e. The maximum absolute atomic E-state index is 10.7. The van der Waals surface area contributed by atoms with Crippen molar-refractivity contribution in [2.45, 2.75) is 13.8 Å². The molecule has 58 valence electrons. The van der Waals surface area contributed by atoms with E-state index in [4.69, 9.17) is 5.73 Å². The third kappa shape index (κ3) is 1.55. The van der Waals surface area contributed by atoms with Crippen molar-refractivity contribution >= 4 is 5.91 Å². The fourth-order valence-electron chi connectivity index (χ4n) is 0.947. The van der Waals surface area contributed by atoms with E-state index in [1.165, 1.54) is 0 Å². The Balaban J connectivity index is 3.20. The van der Waals surface area contributed by atoms with E-state index < -0.39 is 5.91 Å². The summed E-state index contributed by atoms with van der Waals surface area (Å²) < 4.78 is 0. The number of pyridine rings is 1. The zero-order valence-corrected chi connectivity index (χ0v) is 6.59. The van der Waals surface area contributed by atoms with Crippen LogP contribution in [-0.4, -0.2) is 10.9 Å². The van der Waals surface area contributed by atoms with Gasteiger partial charge in [-0.2, -0.15) is 0 Å². The van der Waals surface area contributed by atoms with Crippen molar-refractivity contribution in [1.82, 2.24) is 4.98 Å². The molecule has 0 aliphatic heterocycles. The summed E-state index contributed by atoms with van der Waals surface area (Å²) in [4.78, 5) is 14.8. The number of hydrogen-bond donors (Lipinski definition) is 1. The highest BCUT2D eigenvalue weighted by Gasteiger charge is 2.04. The van der Waals surface area contributed by atoms with Gasteiger partial charge in [0.1, 0.15) is 0 Å². The molecule has 2 N–H and O–H groups in total. The quantitative estimate of drug-likeness (QED) is 0.643. The first kappa shape index (κ1) is 7.72. The minimum absolute atomic E-state index is 0.421. The van der Waals surface area contributed by atoms with Crippen LogP contribution in [0.4, 0.5) is 0 Å². The molecule has 0 aliphatic rings. The van der Waals surface area contributed by atoms with E-state index >= 15 is 0 Å². The van der Waals surface area contributed by atoms with Crippen LogP contribution in [0.1, 0.15) is 21.7 Å². The van der Waals surface area contributed by atoms with Crippen molar-refractivity contribution in [2.24, 2.45) is 5.73 Å². The zero-order chi connectivity index (χ0) is 8.43. The highest BCUT2D eigenvalue weighted by Crippen LogP contribution is 2.04. The SMILES string of the molecule is Cc1ccc(C(N)=O)c(C)n1. The molecule has 1 aromatic rings. The summed E-state index contributed by atoms with van der Waals surface area (Å²) in [5, 5.41) is 0. The fourth-order valence-corrected chi connectivity index (χ4v) is 0.947. The summed E-state index contributed by atoms with van der Waals surface area (Å²) in [6.07, 6.45) is 0. The highest BCUT2D eigenvalue weighted by atomic mass is 16.1. The van der Waals surface area contributed by atoms with Crippen LogP contribution in [0.5, 0.6) is 0 Å². The molecule has 0 saturated heterocycles. The van der Waals surface area contributed by atoms with E-state index in [0.717, 1.165) is 5.69 Å². The van der Waals surface area contributed by atoms with E-state index in [9.17, 15) is 4.79 Å². The molecule has 3 nitrogen and oxygen atoms in total. The van der Waals surface area contributed by atoms with Gasteiger partial charge in [-0.25, -0.2) is 0 Å². The molecule has 0 radical (unpaired) electrons. The van der Waals surface area contributed by atoms with Gasteiger partial charge in [-0.15, -0.1) is 0 Å². The lowest BCUT2D eigenvalue weighted by molar-refractivity contribution is 0.0999. The first-order chi connectivity index (χ1) is 5.11. The van der Waals surface area contributed by atoms with Crippen LogP contribution in [0.3, 0.4) is 0 Å². The minimum atomic E-state index is -0.421. The van der Waals surface area contributed by atoms with Crippen LogP contribution in [0.15, 0.2) is 12.1 Å². The van der Waals surface area contributed by atoms with E-state index in [0.29, 0.717) is 11.3 Å². The second kappa shape index (κ2) is 2.70. The fraction of sp³-hybridized carbons (Fsp3) is 0.250. The lowest BCUT2D eigenvalue weighted by Gasteiger charge is -2.00. The Morgan fingerprint density at radius 1 is 1.45 bits per heavy atom. The van der Waals surface area contributed by atoms with E-state index in [-0.39, 0.29) is 0 Å². The van der Waals surface area contributed by atoms with E-state index in [2.05, 4.69) is 4.98 Å². The van der Waals surface area contributed by atoms with Crippen LogP contribution >= 0.6 is 0 Å². The van der Waals surface area contributed by atoms with Crippen LogP contribution in [-0.2, 0) is 0 Å². The molecule has 1 rings (SSSR count). The number of primary amides is 1. The lowest BCUT2D eigenvalue weighted by Crippen LogP contribution is -2.13. The summed E-state index contributed by atoms with van der Waals surface area (Å²) >= 11 is 0. The average Bonchev–Trinajstić information content (AvgIpc) is 1.85. The number of carbonyl (C=O) groups is 1. The Morgan fingerprint density at radius 3 is 2.55 bits per heavy atom. The summed E-state index contributed by atoms with van der Waals surface area (Å²) in [6.45, 7) is 3.64. The number of amides is 1. The number of rotatable bonds is 1. The number of carbonyl (C=O) groups excluding carboxylic acids is 1. The standard InChI is InChI=1S/C8H10N2O/c1-5-3-4-7(8(9)11)6(2)10-5/h3-4H,1-2H3,(H2,9,11). The van der Waals surface area contributed by atoms with E-state index in [1.54, 1.807) is 19.1 Å². The first-order valence-corrected chi connectivity index (χ1v) is 3.35. The van der Waals surface area contributed by atoms with Gasteiger partial charge in [0.25, 0.3) is 5.91 Å². The predicted molar refractivity (Wildman–Crippen MR) is 42.2 cm³/mol. The zero-order valence-electron chi connectivity index (χ0n) is 6.59. The molecule has 0 aliphatic carbocycles. The molecule has 1 aromatic heterocycles. The van der Waals surface area contributed by atoms with Crippen LogP contribution in [0, 0.1) is 13.8 Å². The molecule has 0 unspecified atom stereocenters. The summed E-state index contributed by atoms with van der Waals surface area (Å²) in [7, 11) is 0.